The Morgan fingerprint density at radius 3 is 1.88 bits per heavy atom. The van der Waals surface area contributed by atoms with Gasteiger partial charge >= 0.3 is 5.97 Å². The van der Waals surface area contributed by atoms with Crippen LogP contribution in [0.1, 0.15) is 71.6 Å². The van der Waals surface area contributed by atoms with E-state index in [2.05, 4.69) is 50.0 Å². The molecule has 0 heterocycles. The summed E-state index contributed by atoms with van der Waals surface area (Å²) in [4.78, 5) is 29.7. The molecule has 232 valence electrons. The Hall–Kier alpha value is -3.64. The summed E-state index contributed by atoms with van der Waals surface area (Å²) in [7, 11) is 0. The van der Waals surface area contributed by atoms with Crippen LogP contribution in [0, 0.1) is 11.8 Å². The van der Waals surface area contributed by atoms with Crippen molar-refractivity contribution in [1.82, 2.24) is 10.2 Å². The van der Waals surface area contributed by atoms with Crippen LogP contribution in [0.3, 0.4) is 0 Å². The third-order valence-electron chi connectivity index (χ3n) is 6.89. The van der Waals surface area contributed by atoms with E-state index < -0.39 is 17.6 Å². The molecule has 0 radical (unpaired) electrons. The Kier molecular flexibility index (Phi) is 12.8. The summed E-state index contributed by atoms with van der Waals surface area (Å²) in [5.74, 6) is 0.823. The van der Waals surface area contributed by atoms with Gasteiger partial charge in [-0.3, -0.25) is 9.69 Å². The Bertz CT molecular complexity index is 1250. The lowest BCUT2D eigenvalue weighted by Crippen LogP contribution is -2.54. The molecule has 6 nitrogen and oxygen atoms in total. The Balaban J connectivity index is 1.80. The third-order valence-corrected chi connectivity index (χ3v) is 6.89. The number of nitrogens with one attached hydrogen (secondary N) is 1. The molecule has 2 atom stereocenters. The first-order valence-electron chi connectivity index (χ1n) is 15.5. The van der Waals surface area contributed by atoms with Gasteiger partial charge in [-0.05, 0) is 67.9 Å². The maximum atomic E-state index is 14.1. The number of esters is 1. The molecule has 43 heavy (non-hydrogen) atoms. The standard InChI is InChI=1S/C37H50N2O4/c1-27(2)22-34(39(24-28(3)4)25-30-14-10-8-11-15-30)35(40)38-33(36(41)43-37(5,6)7)23-29-18-20-32(21-19-29)42-26-31-16-12-9-13-17-31/h8-21,27-28,33-34H,22-26H2,1-7H3,(H,38,40). The smallest absolute Gasteiger partial charge is 0.329 e. The number of carbonyl (C=O) groups is 2. The van der Waals surface area contributed by atoms with Gasteiger partial charge in [-0.15, -0.1) is 0 Å². The number of nitrogens with zero attached hydrogens (tertiary/aromatic N) is 1. The lowest BCUT2D eigenvalue weighted by atomic mass is 9.98. The predicted octanol–water partition coefficient (Wildman–Crippen LogP) is 7.21. The molecule has 0 aromatic heterocycles. The number of hydrogen-bond donors (Lipinski definition) is 1. The molecule has 2 unspecified atom stereocenters. The lowest BCUT2D eigenvalue weighted by Gasteiger charge is -2.34. The third kappa shape index (κ3) is 12.2. The zero-order valence-corrected chi connectivity index (χ0v) is 27.0. The van der Waals surface area contributed by atoms with E-state index in [-0.39, 0.29) is 11.9 Å². The van der Waals surface area contributed by atoms with E-state index in [4.69, 9.17) is 9.47 Å². The van der Waals surface area contributed by atoms with Crippen molar-refractivity contribution in [3.05, 3.63) is 102 Å². The maximum Gasteiger partial charge on any atom is 0.329 e. The summed E-state index contributed by atoms with van der Waals surface area (Å²) in [6, 6.07) is 26.7. The second-order valence-corrected chi connectivity index (χ2v) is 13.2. The van der Waals surface area contributed by atoms with Crippen LogP contribution >= 0.6 is 0 Å². The SMILES string of the molecule is CC(C)CC(C(=O)NC(Cc1ccc(OCc2ccccc2)cc1)C(=O)OC(C)(C)C)N(Cc1ccccc1)CC(C)C. The topological polar surface area (TPSA) is 67.9 Å². The van der Waals surface area contributed by atoms with E-state index >= 15 is 0 Å². The summed E-state index contributed by atoms with van der Waals surface area (Å²) in [6.45, 7) is 16.0. The summed E-state index contributed by atoms with van der Waals surface area (Å²) in [5, 5.41) is 3.11. The van der Waals surface area contributed by atoms with Gasteiger partial charge in [-0.1, -0.05) is 100 Å². The molecular weight excluding hydrogens is 536 g/mol. The summed E-state index contributed by atoms with van der Waals surface area (Å²) in [6.07, 6.45) is 0.997. The average molecular weight is 587 g/mol. The van der Waals surface area contributed by atoms with E-state index in [9.17, 15) is 9.59 Å². The van der Waals surface area contributed by atoms with E-state index in [1.807, 2.05) is 93.6 Å². The quantitative estimate of drug-likeness (QED) is 0.191. The molecular formula is C37H50N2O4. The normalized spacial score (nSPS) is 13.2. The van der Waals surface area contributed by atoms with Gasteiger partial charge in [0.15, 0.2) is 0 Å². The van der Waals surface area contributed by atoms with Crippen molar-refractivity contribution in [2.24, 2.45) is 11.8 Å². The van der Waals surface area contributed by atoms with Gasteiger partial charge in [-0.25, -0.2) is 4.79 Å². The second-order valence-electron chi connectivity index (χ2n) is 13.2. The van der Waals surface area contributed by atoms with Crippen LogP contribution in [0.25, 0.3) is 0 Å². The first kappa shape index (κ1) is 33.9. The maximum absolute atomic E-state index is 14.1. The molecule has 0 spiro atoms. The van der Waals surface area contributed by atoms with Crippen LogP contribution < -0.4 is 10.1 Å². The number of ether oxygens (including phenoxy) is 2. The molecule has 0 fully saturated rings. The molecule has 0 aliphatic carbocycles. The van der Waals surface area contributed by atoms with Gasteiger partial charge in [0, 0.05) is 19.5 Å². The number of carbonyl (C=O) groups excluding carboxylic acids is 2. The largest absolute Gasteiger partial charge is 0.489 e. The zero-order chi connectivity index (χ0) is 31.4. The van der Waals surface area contributed by atoms with Crippen molar-refractivity contribution in [3.63, 3.8) is 0 Å². The zero-order valence-electron chi connectivity index (χ0n) is 27.0. The number of hydrogen-bond acceptors (Lipinski definition) is 5. The van der Waals surface area contributed by atoms with E-state index in [1.165, 1.54) is 0 Å². The summed E-state index contributed by atoms with van der Waals surface area (Å²) < 4.78 is 11.7. The molecule has 1 N–H and O–H groups in total. The lowest BCUT2D eigenvalue weighted by molar-refractivity contribution is -0.159. The van der Waals surface area contributed by atoms with Crippen LogP contribution in [0.2, 0.25) is 0 Å². The van der Waals surface area contributed by atoms with E-state index in [1.54, 1.807) is 0 Å². The van der Waals surface area contributed by atoms with Crippen LogP contribution in [-0.4, -0.2) is 41.0 Å². The van der Waals surface area contributed by atoms with Crippen LogP contribution in [0.15, 0.2) is 84.9 Å². The van der Waals surface area contributed by atoms with Gasteiger partial charge < -0.3 is 14.8 Å². The first-order chi connectivity index (χ1) is 20.4. The number of amides is 1. The van der Waals surface area contributed by atoms with Crippen molar-refractivity contribution in [1.29, 1.82) is 0 Å². The molecule has 3 rings (SSSR count). The van der Waals surface area contributed by atoms with Crippen molar-refractivity contribution in [2.45, 2.75) is 92.1 Å². The Morgan fingerprint density at radius 2 is 1.35 bits per heavy atom. The van der Waals surface area contributed by atoms with Crippen LogP contribution in [0.5, 0.6) is 5.75 Å². The molecule has 0 aliphatic rings. The molecule has 6 heteroatoms. The highest BCUT2D eigenvalue weighted by atomic mass is 16.6. The van der Waals surface area contributed by atoms with Gasteiger partial charge in [0.1, 0.15) is 24.0 Å². The summed E-state index contributed by atoms with van der Waals surface area (Å²) in [5.41, 5.74) is 2.48. The van der Waals surface area contributed by atoms with Gasteiger partial charge in [0.05, 0.1) is 6.04 Å². The molecule has 3 aromatic carbocycles. The number of rotatable bonds is 15. The highest BCUT2D eigenvalue weighted by molar-refractivity contribution is 5.88. The summed E-state index contributed by atoms with van der Waals surface area (Å²) >= 11 is 0. The van der Waals surface area contributed by atoms with Crippen molar-refractivity contribution < 1.29 is 19.1 Å². The van der Waals surface area contributed by atoms with Crippen molar-refractivity contribution in [2.75, 3.05) is 6.54 Å². The molecule has 0 bridgehead atoms. The average Bonchev–Trinajstić information content (AvgIpc) is 2.94. The number of benzene rings is 3. The fourth-order valence-corrected chi connectivity index (χ4v) is 4.99. The van der Waals surface area contributed by atoms with Crippen molar-refractivity contribution >= 4 is 11.9 Å². The van der Waals surface area contributed by atoms with Crippen LogP contribution in [-0.2, 0) is 33.9 Å². The second kappa shape index (κ2) is 16.3. The Morgan fingerprint density at radius 1 is 0.767 bits per heavy atom. The predicted molar refractivity (Wildman–Crippen MR) is 174 cm³/mol. The minimum absolute atomic E-state index is 0.149. The van der Waals surface area contributed by atoms with Crippen molar-refractivity contribution in [3.8, 4) is 5.75 Å². The minimum atomic E-state index is -0.824. The molecule has 0 saturated heterocycles. The fraction of sp³-hybridized carbons (Fsp3) is 0.459. The Labute approximate surface area is 258 Å². The van der Waals surface area contributed by atoms with Crippen LogP contribution in [0.4, 0.5) is 0 Å². The highest BCUT2D eigenvalue weighted by Crippen LogP contribution is 2.20. The molecule has 1 amide bonds. The molecule has 0 aliphatic heterocycles. The van der Waals surface area contributed by atoms with Gasteiger partial charge in [0.2, 0.25) is 5.91 Å². The molecule has 3 aromatic rings. The van der Waals surface area contributed by atoms with E-state index in [0.29, 0.717) is 37.8 Å². The first-order valence-corrected chi connectivity index (χ1v) is 15.5. The highest BCUT2D eigenvalue weighted by Gasteiger charge is 2.33. The monoisotopic (exact) mass is 586 g/mol. The van der Waals surface area contributed by atoms with Gasteiger partial charge in [-0.2, -0.15) is 0 Å². The van der Waals surface area contributed by atoms with E-state index in [0.717, 1.165) is 29.0 Å². The van der Waals surface area contributed by atoms with Gasteiger partial charge in [0.25, 0.3) is 0 Å². The minimum Gasteiger partial charge on any atom is -0.489 e. The molecule has 0 saturated carbocycles. The fourth-order valence-electron chi connectivity index (χ4n) is 4.99.